The SMILES string of the molecule is COc1ccc(-n2c(SC(C)C(=O)NCC(F)(F)F)nc3sc4c(c3c2=O)CCCC4)cc1. The fourth-order valence-corrected chi connectivity index (χ4v) is 6.02. The van der Waals surface area contributed by atoms with Gasteiger partial charge in [0, 0.05) is 4.88 Å². The average molecular weight is 498 g/mol. The van der Waals surface area contributed by atoms with Crippen LogP contribution in [0.4, 0.5) is 13.2 Å². The number of carbonyl (C=O) groups is 1. The number of benzene rings is 1. The number of thiophene rings is 1. The van der Waals surface area contributed by atoms with Crippen LogP contribution in [-0.2, 0) is 17.6 Å². The Balaban J connectivity index is 1.78. The predicted molar refractivity (Wildman–Crippen MR) is 123 cm³/mol. The molecule has 0 saturated carbocycles. The number of ether oxygens (including phenoxy) is 1. The molecule has 0 spiro atoms. The first-order valence-corrected chi connectivity index (χ1v) is 12.1. The van der Waals surface area contributed by atoms with Crippen molar-refractivity contribution in [1.82, 2.24) is 14.9 Å². The highest BCUT2D eigenvalue weighted by molar-refractivity contribution is 8.00. The number of nitrogens with one attached hydrogen (secondary N) is 1. The van der Waals surface area contributed by atoms with Crippen molar-refractivity contribution in [2.24, 2.45) is 0 Å². The number of rotatable bonds is 6. The molecule has 1 aliphatic rings. The van der Waals surface area contributed by atoms with E-state index in [1.165, 1.54) is 29.9 Å². The standard InChI is InChI=1S/C22H22F3N3O3S2/c1-12(18(29)26-11-22(23,24)25)32-21-27-19-17(15-5-3-4-6-16(15)33-19)20(30)28(21)13-7-9-14(31-2)10-8-13/h7-10,12H,3-6,11H2,1-2H3,(H,26,29). The summed E-state index contributed by atoms with van der Waals surface area (Å²) in [6.45, 7) is 0.0800. The van der Waals surface area contributed by atoms with Crippen molar-refractivity contribution in [3.05, 3.63) is 45.1 Å². The normalized spacial score (nSPS) is 14.7. The Morgan fingerprint density at radius 3 is 2.64 bits per heavy atom. The number of hydrogen-bond donors (Lipinski definition) is 1. The summed E-state index contributed by atoms with van der Waals surface area (Å²) in [7, 11) is 1.54. The Labute approximate surface area is 196 Å². The number of halogens is 3. The van der Waals surface area contributed by atoms with E-state index in [9.17, 15) is 22.8 Å². The second-order valence-corrected chi connectivity index (χ2v) is 10.1. The molecule has 2 aromatic heterocycles. The third-order valence-electron chi connectivity index (χ3n) is 5.40. The summed E-state index contributed by atoms with van der Waals surface area (Å²) in [5.41, 5.74) is 1.33. The number of fused-ring (bicyclic) bond motifs is 3. The van der Waals surface area contributed by atoms with E-state index in [0.29, 0.717) is 21.7 Å². The Morgan fingerprint density at radius 1 is 1.27 bits per heavy atom. The maximum absolute atomic E-state index is 13.7. The number of nitrogens with zero attached hydrogens (tertiary/aromatic N) is 2. The Morgan fingerprint density at radius 2 is 1.97 bits per heavy atom. The van der Waals surface area contributed by atoms with Gasteiger partial charge in [-0.15, -0.1) is 11.3 Å². The van der Waals surface area contributed by atoms with Crippen molar-refractivity contribution in [3.8, 4) is 11.4 Å². The lowest BCUT2D eigenvalue weighted by atomic mass is 9.97. The molecule has 176 valence electrons. The quantitative estimate of drug-likeness (QED) is 0.401. The third kappa shape index (κ3) is 5.03. The van der Waals surface area contributed by atoms with Crippen molar-refractivity contribution >= 4 is 39.2 Å². The number of aryl methyl sites for hydroxylation is 2. The molecular formula is C22H22F3N3O3S2. The summed E-state index contributed by atoms with van der Waals surface area (Å²) in [5, 5.41) is 1.84. The van der Waals surface area contributed by atoms with Crippen molar-refractivity contribution in [3.63, 3.8) is 0 Å². The van der Waals surface area contributed by atoms with E-state index in [2.05, 4.69) is 0 Å². The second-order valence-electron chi connectivity index (χ2n) is 7.72. The molecular weight excluding hydrogens is 475 g/mol. The van der Waals surface area contributed by atoms with Gasteiger partial charge >= 0.3 is 6.18 Å². The molecule has 0 aliphatic heterocycles. The zero-order valence-corrected chi connectivity index (χ0v) is 19.6. The van der Waals surface area contributed by atoms with Crippen LogP contribution in [0.15, 0.2) is 34.2 Å². The van der Waals surface area contributed by atoms with Gasteiger partial charge in [-0.2, -0.15) is 13.2 Å². The molecule has 11 heteroatoms. The largest absolute Gasteiger partial charge is 0.497 e. The van der Waals surface area contributed by atoms with E-state index in [1.54, 1.807) is 24.3 Å². The van der Waals surface area contributed by atoms with Gasteiger partial charge in [0.25, 0.3) is 5.56 Å². The van der Waals surface area contributed by atoms with E-state index in [0.717, 1.165) is 47.9 Å². The molecule has 2 heterocycles. The first kappa shape index (κ1) is 23.6. The van der Waals surface area contributed by atoms with E-state index in [4.69, 9.17) is 9.72 Å². The molecule has 4 rings (SSSR count). The molecule has 1 N–H and O–H groups in total. The third-order valence-corrected chi connectivity index (χ3v) is 7.64. The fourth-order valence-electron chi connectivity index (χ4n) is 3.77. The number of hydrogen-bond acceptors (Lipinski definition) is 6. The molecule has 0 saturated heterocycles. The van der Waals surface area contributed by atoms with Gasteiger partial charge in [-0.25, -0.2) is 4.98 Å². The van der Waals surface area contributed by atoms with Crippen molar-refractivity contribution in [2.45, 2.75) is 49.2 Å². The predicted octanol–water partition coefficient (Wildman–Crippen LogP) is 4.49. The van der Waals surface area contributed by atoms with Crippen LogP contribution in [0, 0.1) is 0 Å². The van der Waals surface area contributed by atoms with Gasteiger partial charge in [0.2, 0.25) is 5.91 Å². The summed E-state index contributed by atoms with van der Waals surface area (Å²) in [4.78, 5) is 32.4. The lowest BCUT2D eigenvalue weighted by Gasteiger charge is -2.17. The van der Waals surface area contributed by atoms with Crippen molar-refractivity contribution in [2.75, 3.05) is 13.7 Å². The molecule has 1 aliphatic carbocycles. The van der Waals surface area contributed by atoms with Crippen LogP contribution in [0.2, 0.25) is 0 Å². The molecule has 33 heavy (non-hydrogen) atoms. The number of aromatic nitrogens is 2. The number of thioether (sulfide) groups is 1. The smallest absolute Gasteiger partial charge is 0.405 e. The molecule has 3 aromatic rings. The van der Waals surface area contributed by atoms with Gasteiger partial charge in [0.15, 0.2) is 5.16 Å². The molecule has 1 unspecified atom stereocenters. The van der Waals surface area contributed by atoms with Crippen LogP contribution in [0.1, 0.15) is 30.2 Å². The van der Waals surface area contributed by atoms with Crippen LogP contribution in [0.5, 0.6) is 5.75 Å². The van der Waals surface area contributed by atoms with Crippen LogP contribution in [0.25, 0.3) is 15.9 Å². The first-order valence-electron chi connectivity index (χ1n) is 10.4. The van der Waals surface area contributed by atoms with E-state index >= 15 is 0 Å². The zero-order chi connectivity index (χ0) is 23.8. The summed E-state index contributed by atoms with van der Waals surface area (Å²) in [6.07, 6.45) is -0.717. The summed E-state index contributed by atoms with van der Waals surface area (Å²) in [5.74, 6) is -0.165. The number of alkyl halides is 3. The number of carbonyl (C=O) groups excluding carboxylic acids is 1. The van der Waals surface area contributed by atoms with Gasteiger partial charge in [0.05, 0.1) is 23.4 Å². The minimum atomic E-state index is -4.50. The molecule has 0 fully saturated rings. The molecule has 0 radical (unpaired) electrons. The molecule has 1 atom stereocenters. The monoisotopic (exact) mass is 497 g/mol. The Bertz CT molecular complexity index is 1240. The van der Waals surface area contributed by atoms with Crippen molar-refractivity contribution in [1.29, 1.82) is 0 Å². The van der Waals surface area contributed by atoms with E-state index in [-0.39, 0.29) is 10.7 Å². The maximum Gasteiger partial charge on any atom is 0.405 e. The van der Waals surface area contributed by atoms with Crippen LogP contribution >= 0.6 is 23.1 Å². The second kappa shape index (κ2) is 9.38. The number of amides is 1. The fraction of sp³-hybridized carbons (Fsp3) is 0.409. The minimum absolute atomic E-state index is 0.241. The Kier molecular flexibility index (Phi) is 6.71. The minimum Gasteiger partial charge on any atom is -0.497 e. The first-order chi connectivity index (χ1) is 15.7. The number of methoxy groups -OCH3 is 1. The Hall–Kier alpha value is -2.53. The summed E-state index contributed by atoms with van der Waals surface area (Å²) < 4.78 is 44.1. The summed E-state index contributed by atoms with van der Waals surface area (Å²) in [6, 6.07) is 6.85. The van der Waals surface area contributed by atoms with Crippen LogP contribution < -0.4 is 15.6 Å². The van der Waals surface area contributed by atoms with Gasteiger partial charge in [-0.1, -0.05) is 11.8 Å². The van der Waals surface area contributed by atoms with E-state index < -0.39 is 23.9 Å². The van der Waals surface area contributed by atoms with Gasteiger partial charge < -0.3 is 10.1 Å². The van der Waals surface area contributed by atoms with Gasteiger partial charge in [-0.3, -0.25) is 14.2 Å². The molecule has 1 aromatic carbocycles. The highest BCUT2D eigenvalue weighted by Gasteiger charge is 2.30. The van der Waals surface area contributed by atoms with Crippen LogP contribution in [-0.4, -0.2) is 40.5 Å². The lowest BCUT2D eigenvalue weighted by Crippen LogP contribution is -2.38. The summed E-state index contributed by atoms with van der Waals surface area (Å²) >= 11 is 2.44. The van der Waals surface area contributed by atoms with Gasteiger partial charge in [-0.05, 0) is 62.4 Å². The highest BCUT2D eigenvalue weighted by Crippen LogP contribution is 2.36. The zero-order valence-electron chi connectivity index (χ0n) is 18.0. The van der Waals surface area contributed by atoms with Gasteiger partial charge in [0.1, 0.15) is 17.1 Å². The molecule has 0 bridgehead atoms. The van der Waals surface area contributed by atoms with E-state index in [1.807, 2.05) is 5.32 Å². The topological polar surface area (TPSA) is 73.2 Å². The molecule has 1 amide bonds. The van der Waals surface area contributed by atoms with Crippen LogP contribution in [0.3, 0.4) is 0 Å². The average Bonchev–Trinajstić information content (AvgIpc) is 3.16. The van der Waals surface area contributed by atoms with Crippen molar-refractivity contribution < 1.29 is 22.7 Å². The maximum atomic E-state index is 13.7. The highest BCUT2D eigenvalue weighted by atomic mass is 32.2. The lowest BCUT2D eigenvalue weighted by molar-refractivity contribution is -0.137. The molecule has 6 nitrogen and oxygen atoms in total.